The fourth-order valence-corrected chi connectivity index (χ4v) is 2.18. The quantitative estimate of drug-likeness (QED) is 0.469. The van der Waals surface area contributed by atoms with Gasteiger partial charge >= 0.3 is 5.97 Å². The molecule has 0 spiro atoms. The zero-order chi connectivity index (χ0) is 17.6. The van der Waals surface area contributed by atoms with E-state index in [0.717, 1.165) is 11.1 Å². The molecule has 0 aliphatic heterocycles. The van der Waals surface area contributed by atoms with Gasteiger partial charge in [-0.25, -0.2) is 4.79 Å². The molecule has 24 heavy (non-hydrogen) atoms. The van der Waals surface area contributed by atoms with Crippen LogP contribution in [0.25, 0.3) is 6.08 Å². The van der Waals surface area contributed by atoms with Gasteiger partial charge in [0.05, 0.1) is 0 Å². The van der Waals surface area contributed by atoms with Gasteiger partial charge in [-0.15, -0.1) is 0 Å². The van der Waals surface area contributed by atoms with Gasteiger partial charge in [-0.1, -0.05) is 75.4 Å². The molecule has 3 nitrogen and oxygen atoms in total. The maximum absolute atomic E-state index is 12.1. The lowest BCUT2D eigenvalue weighted by Gasteiger charge is -2.19. The SMILES string of the molecule is CC(C)(C)c1ccc(COC(=O)C(C#N)=Cc2ccccc2)cc1. The third kappa shape index (κ3) is 4.82. The molecule has 0 amide bonds. The van der Waals surface area contributed by atoms with Crippen molar-refractivity contribution in [2.24, 2.45) is 0 Å². The van der Waals surface area contributed by atoms with E-state index < -0.39 is 5.97 Å². The fraction of sp³-hybridized carbons (Fsp3) is 0.238. The number of carbonyl (C=O) groups excluding carboxylic acids is 1. The minimum absolute atomic E-state index is 0.00693. The first-order chi connectivity index (χ1) is 11.4. The second-order valence-electron chi connectivity index (χ2n) is 6.60. The summed E-state index contributed by atoms with van der Waals surface area (Å²) in [5, 5.41) is 9.16. The molecule has 0 radical (unpaired) electrons. The molecule has 3 heteroatoms. The van der Waals surface area contributed by atoms with E-state index in [0.29, 0.717) is 0 Å². The van der Waals surface area contributed by atoms with Gasteiger partial charge in [-0.05, 0) is 28.2 Å². The molecule has 0 aliphatic carbocycles. The van der Waals surface area contributed by atoms with Crippen molar-refractivity contribution < 1.29 is 9.53 Å². The largest absolute Gasteiger partial charge is 0.457 e. The highest BCUT2D eigenvalue weighted by atomic mass is 16.5. The van der Waals surface area contributed by atoms with Crippen LogP contribution in [0.15, 0.2) is 60.2 Å². The Morgan fingerprint density at radius 2 is 1.71 bits per heavy atom. The van der Waals surface area contributed by atoms with Crippen LogP contribution in [-0.4, -0.2) is 5.97 Å². The molecule has 0 aromatic heterocycles. The molecule has 0 N–H and O–H groups in total. The molecule has 122 valence electrons. The van der Waals surface area contributed by atoms with Crippen LogP contribution in [0.1, 0.15) is 37.5 Å². The number of hydrogen-bond acceptors (Lipinski definition) is 3. The van der Waals surface area contributed by atoms with Crippen LogP contribution in [0, 0.1) is 11.3 Å². The summed E-state index contributed by atoms with van der Waals surface area (Å²) >= 11 is 0. The Hall–Kier alpha value is -2.86. The van der Waals surface area contributed by atoms with Crippen LogP contribution in [0.5, 0.6) is 0 Å². The molecule has 0 bridgehead atoms. The minimum atomic E-state index is -0.610. The van der Waals surface area contributed by atoms with Crippen molar-refractivity contribution in [1.82, 2.24) is 0 Å². The number of benzene rings is 2. The van der Waals surface area contributed by atoms with Gasteiger partial charge in [0.15, 0.2) is 0 Å². The van der Waals surface area contributed by atoms with Crippen molar-refractivity contribution in [3.63, 3.8) is 0 Å². The summed E-state index contributed by atoms with van der Waals surface area (Å²) in [7, 11) is 0. The molecule has 2 rings (SSSR count). The molecule has 0 heterocycles. The molecule has 0 fully saturated rings. The van der Waals surface area contributed by atoms with Crippen LogP contribution in [0.3, 0.4) is 0 Å². The second kappa shape index (κ2) is 7.61. The number of esters is 1. The normalized spacial score (nSPS) is 11.7. The lowest BCUT2D eigenvalue weighted by atomic mass is 9.87. The van der Waals surface area contributed by atoms with Gasteiger partial charge in [0.2, 0.25) is 0 Å². The van der Waals surface area contributed by atoms with Crippen molar-refractivity contribution in [3.05, 3.63) is 76.9 Å². The van der Waals surface area contributed by atoms with Gasteiger partial charge in [-0.2, -0.15) is 5.26 Å². The van der Waals surface area contributed by atoms with Crippen LogP contribution in [0.4, 0.5) is 0 Å². The van der Waals surface area contributed by atoms with E-state index in [9.17, 15) is 4.79 Å². The van der Waals surface area contributed by atoms with Crippen molar-refractivity contribution >= 4 is 12.0 Å². The van der Waals surface area contributed by atoms with E-state index in [1.54, 1.807) is 0 Å². The van der Waals surface area contributed by atoms with E-state index in [2.05, 4.69) is 20.8 Å². The summed E-state index contributed by atoms with van der Waals surface area (Å²) < 4.78 is 5.25. The molecule has 0 aliphatic rings. The molecule has 0 saturated carbocycles. The fourth-order valence-electron chi connectivity index (χ4n) is 2.18. The maximum Gasteiger partial charge on any atom is 0.349 e. The molecule has 0 unspecified atom stereocenters. The Labute approximate surface area is 143 Å². The van der Waals surface area contributed by atoms with E-state index >= 15 is 0 Å². The highest BCUT2D eigenvalue weighted by molar-refractivity contribution is 5.97. The highest BCUT2D eigenvalue weighted by Gasteiger charge is 2.14. The van der Waals surface area contributed by atoms with Crippen molar-refractivity contribution in [2.45, 2.75) is 32.8 Å². The standard InChI is InChI=1S/C21H21NO2/c1-21(2,3)19-11-9-17(10-12-19)15-24-20(23)18(14-22)13-16-7-5-4-6-8-16/h4-13H,15H2,1-3H3. The monoisotopic (exact) mass is 319 g/mol. The average Bonchev–Trinajstić information content (AvgIpc) is 2.58. The Kier molecular flexibility index (Phi) is 5.55. The maximum atomic E-state index is 12.1. The number of nitrogens with zero attached hydrogens (tertiary/aromatic N) is 1. The van der Waals surface area contributed by atoms with Crippen LogP contribution >= 0.6 is 0 Å². The first-order valence-electron chi connectivity index (χ1n) is 7.83. The summed E-state index contributed by atoms with van der Waals surface area (Å²) in [6.45, 7) is 6.60. The number of nitriles is 1. The number of ether oxygens (including phenoxy) is 1. The van der Waals surface area contributed by atoms with Crippen molar-refractivity contribution in [2.75, 3.05) is 0 Å². The van der Waals surface area contributed by atoms with Gasteiger partial charge in [0.25, 0.3) is 0 Å². The molecular weight excluding hydrogens is 298 g/mol. The summed E-state index contributed by atoms with van der Waals surface area (Å²) in [6.07, 6.45) is 1.53. The van der Waals surface area contributed by atoms with Gasteiger partial charge in [-0.3, -0.25) is 0 Å². The Morgan fingerprint density at radius 1 is 1.08 bits per heavy atom. The zero-order valence-electron chi connectivity index (χ0n) is 14.2. The zero-order valence-corrected chi connectivity index (χ0v) is 14.2. The predicted molar refractivity (Wildman–Crippen MR) is 95.0 cm³/mol. The minimum Gasteiger partial charge on any atom is -0.457 e. The first-order valence-corrected chi connectivity index (χ1v) is 7.83. The van der Waals surface area contributed by atoms with Gasteiger partial charge in [0.1, 0.15) is 18.2 Å². The molecular formula is C21H21NO2. The smallest absolute Gasteiger partial charge is 0.349 e. The van der Waals surface area contributed by atoms with Crippen LogP contribution in [0.2, 0.25) is 0 Å². The number of carbonyl (C=O) groups is 1. The van der Waals surface area contributed by atoms with Crippen molar-refractivity contribution in [1.29, 1.82) is 5.26 Å². The predicted octanol–water partition coefficient (Wildman–Crippen LogP) is 4.63. The average molecular weight is 319 g/mol. The van der Waals surface area contributed by atoms with Crippen molar-refractivity contribution in [3.8, 4) is 6.07 Å². The number of rotatable bonds is 4. The lowest BCUT2D eigenvalue weighted by molar-refractivity contribution is -0.139. The molecule has 0 atom stereocenters. The van der Waals surface area contributed by atoms with E-state index in [1.165, 1.54) is 11.6 Å². The Morgan fingerprint density at radius 3 is 2.25 bits per heavy atom. The van der Waals surface area contributed by atoms with Crippen LogP contribution < -0.4 is 0 Å². The molecule has 0 saturated heterocycles. The topological polar surface area (TPSA) is 50.1 Å². The second-order valence-corrected chi connectivity index (χ2v) is 6.60. The Balaban J connectivity index is 2.02. The highest BCUT2D eigenvalue weighted by Crippen LogP contribution is 2.22. The van der Waals surface area contributed by atoms with Crippen LogP contribution in [-0.2, 0) is 21.6 Å². The van der Waals surface area contributed by atoms with E-state index in [1.807, 2.05) is 60.7 Å². The summed E-state index contributed by atoms with van der Waals surface area (Å²) in [4.78, 5) is 12.1. The van der Waals surface area contributed by atoms with E-state index in [-0.39, 0.29) is 17.6 Å². The van der Waals surface area contributed by atoms with E-state index in [4.69, 9.17) is 10.00 Å². The molecule has 2 aromatic carbocycles. The Bertz CT molecular complexity index is 760. The third-order valence-electron chi connectivity index (χ3n) is 3.64. The van der Waals surface area contributed by atoms with Gasteiger partial charge < -0.3 is 4.74 Å². The summed E-state index contributed by atoms with van der Waals surface area (Å²) in [6, 6.07) is 19.1. The van der Waals surface area contributed by atoms with Gasteiger partial charge in [0, 0.05) is 0 Å². The third-order valence-corrected chi connectivity index (χ3v) is 3.64. The number of hydrogen-bond donors (Lipinski definition) is 0. The lowest BCUT2D eigenvalue weighted by Crippen LogP contribution is -2.11. The first kappa shape index (κ1) is 17.5. The summed E-state index contributed by atoms with van der Waals surface area (Å²) in [5.41, 5.74) is 2.99. The summed E-state index contributed by atoms with van der Waals surface area (Å²) in [5.74, 6) is -0.610. The molecule has 2 aromatic rings.